The summed E-state index contributed by atoms with van der Waals surface area (Å²) in [5.74, 6) is 0.515. The second-order valence-electron chi connectivity index (χ2n) is 5.92. The zero-order valence-electron chi connectivity index (χ0n) is 14.9. The minimum atomic E-state index is -3.43. The highest BCUT2D eigenvalue weighted by atomic mass is 32.2. The number of unbranched alkanes of at least 4 members (excludes halogenated alkanes) is 1. The van der Waals surface area contributed by atoms with Gasteiger partial charge in [-0.1, -0.05) is 25.1 Å². The first kappa shape index (κ1) is 19.9. The summed E-state index contributed by atoms with van der Waals surface area (Å²) in [7, 11) is -3.43. The average Bonchev–Trinajstić information content (AvgIpc) is 2.65. The largest absolute Gasteiger partial charge is 0.370 e. The van der Waals surface area contributed by atoms with Gasteiger partial charge in [-0.05, 0) is 43.5 Å². The number of sulfone groups is 1. The zero-order chi connectivity index (χ0) is 18.8. The SMILES string of the molecule is CCCS(=O)(=O)c1ccccc1C(=O)NCCCCNc1ccccn1. The van der Waals surface area contributed by atoms with Crippen LogP contribution in [-0.4, -0.2) is 38.2 Å². The maximum absolute atomic E-state index is 12.4. The van der Waals surface area contributed by atoms with E-state index in [2.05, 4.69) is 15.6 Å². The van der Waals surface area contributed by atoms with Crippen molar-refractivity contribution < 1.29 is 13.2 Å². The molecule has 1 aromatic heterocycles. The number of nitrogens with one attached hydrogen (secondary N) is 2. The van der Waals surface area contributed by atoms with Crippen LogP contribution in [0.4, 0.5) is 5.82 Å². The normalized spacial score (nSPS) is 11.1. The summed E-state index contributed by atoms with van der Waals surface area (Å²) in [6.45, 7) is 3.05. The number of hydrogen-bond donors (Lipinski definition) is 2. The lowest BCUT2D eigenvalue weighted by Gasteiger charge is -2.11. The van der Waals surface area contributed by atoms with Crippen LogP contribution >= 0.6 is 0 Å². The van der Waals surface area contributed by atoms with Gasteiger partial charge in [-0.2, -0.15) is 0 Å². The van der Waals surface area contributed by atoms with Gasteiger partial charge in [0.05, 0.1) is 16.2 Å². The molecule has 0 saturated heterocycles. The molecule has 140 valence electrons. The minimum Gasteiger partial charge on any atom is -0.370 e. The van der Waals surface area contributed by atoms with E-state index in [9.17, 15) is 13.2 Å². The van der Waals surface area contributed by atoms with Crippen molar-refractivity contribution >= 4 is 21.6 Å². The van der Waals surface area contributed by atoms with Crippen LogP contribution in [-0.2, 0) is 9.84 Å². The molecule has 0 spiro atoms. The van der Waals surface area contributed by atoms with Gasteiger partial charge in [0.25, 0.3) is 5.91 Å². The van der Waals surface area contributed by atoms with Crippen molar-refractivity contribution in [3.05, 3.63) is 54.2 Å². The van der Waals surface area contributed by atoms with Crippen LogP contribution in [0.2, 0.25) is 0 Å². The average molecular weight is 375 g/mol. The summed E-state index contributed by atoms with van der Waals surface area (Å²) in [6.07, 6.45) is 3.90. The first-order valence-electron chi connectivity index (χ1n) is 8.79. The van der Waals surface area contributed by atoms with Crippen molar-refractivity contribution in [2.24, 2.45) is 0 Å². The van der Waals surface area contributed by atoms with Crippen molar-refractivity contribution in [3.63, 3.8) is 0 Å². The molecule has 26 heavy (non-hydrogen) atoms. The van der Waals surface area contributed by atoms with Crippen molar-refractivity contribution in [3.8, 4) is 0 Å². The molecule has 2 rings (SSSR count). The Kier molecular flexibility index (Phi) is 7.59. The predicted molar refractivity (Wildman–Crippen MR) is 103 cm³/mol. The molecule has 2 N–H and O–H groups in total. The lowest BCUT2D eigenvalue weighted by atomic mass is 10.2. The summed E-state index contributed by atoms with van der Waals surface area (Å²) in [4.78, 5) is 16.7. The number of carbonyl (C=O) groups is 1. The van der Waals surface area contributed by atoms with Crippen molar-refractivity contribution in [2.45, 2.75) is 31.1 Å². The van der Waals surface area contributed by atoms with Crippen LogP contribution in [0.5, 0.6) is 0 Å². The molecular weight excluding hydrogens is 350 g/mol. The van der Waals surface area contributed by atoms with Crippen LogP contribution in [0.25, 0.3) is 0 Å². The number of anilines is 1. The summed E-state index contributed by atoms with van der Waals surface area (Å²) in [5.41, 5.74) is 0.215. The highest BCUT2D eigenvalue weighted by molar-refractivity contribution is 7.91. The Balaban J connectivity index is 1.81. The Morgan fingerprint density at radius 3 is 2.50 bits per heavy atom. The van der Waals surface area contributed by atoms with E-state index in [1.165, 1.54) is 6.07 Å². The maximum atomic E-state index is 12.4. The lowest BCUT2D eigenvalue weighted by molar-refractivity contribution is 0.0950. The third-order valence-electron chi connectivity index (χ3n) is 3.80. The van der Waals surface area contributed by atoms with Crippen LogP contribution in [0.1, 0.15) is 36.5 Å². The van der Waals surface area contributed by atoms with Gasteiger partial charge in [-0.15, -0.1) is 0 Å². The van der Waals surface area contributed by atoms with Crippen LogP contribution in [0, 0.1) is 0 Å². The highest BCUT2D eigenvalue weighted by Gasteiger charge is 2.20. The minimum absolute atomic E-state index is 0.0382. The standard InChI is InChI=1S/C19H25N3O3S/c1-2-15-26(24,25)17-10-4-3-9-16(17)19(23)22-14-8-7-13-21-18-11-5-6-12-20-18/h3-6,9-12H,2,7-8,13-15H2,1H3,(H,20,21)(H,22,23). The number of nitrogens with zero attached hydrogens (tertiary/aromatic N) is 1. The van der Waals surface area contributed by atoms with Crippen LogP contribution in [0.15, 0.2) is 53.6 Å². The fraction of sp³-hybridized carbons (Fsp3) is 0.368. The van der Waals surface area contributed by atoms with Crippen molar-refractivity contribution in [1.82, 2.24) is 10.3 Å². The monoisotopic (exact) mass is 375 g/mol. The van der Waals surface area contributed by atoms with E-state index in [0.29, 0.717) is 13.0 Å². The molecule has 0 saturated carbocycles. The van der Waals surface area contributed by atoms with E-state index in [4.69, 9.17) is 0 Å². The van der Waals surface area contributed by atoms with Gasteiger partial charge >= 0.3 is 0 Å². The molecule has 1 aromatic carbocycles. The fourth-order valence-electron chi connectivity index (χ4n) is 2.54. The third kappa shape index (κ3) is 5.84. The van der Waals surface area contributed by atoms with Gasteiger partial charge in [-0.3, -0.25) is 4.79 Å². The molecule has 0 aliphatic heterocycles. The Bertz CT molecular complexity index is 808. The summed E-state index contributed by atoms with van der Waals surface area (Å²) in [5, 5.41) is 6.01. The third-order valence-corrected chi connectivity index (χ3v) is 5.77. The van der Waals surface area contributed by atoms with E-state index in [1.54, 1.807) is 31.3 Å². The summed E-state index contributed by atoms with van der Waals surface area (Å²) >= 11 is 0. The predicted octanol–water partition coefficient (Wildman–Crippen LogP) is 2.89. The molecule has 0 atom stereocenters. The second-order valence-corrected chi connectivity index (χ2v) is 8.00. The van der Waals surface area contributed by atoms with E-state index in [1.807, 2.05) is 18.2 Å². The Morgan fingerprint density at radius 1 is 1.04 bits per heavy atom. The number of benzene rings is 1. The number of hydrogen-bond acceptors (Lipinski definition) is 5. The molecule has 1 amide bonds. The molecule has 6 nitrogen and oxygen atoms in total. The fourth-order valence-corrected chi connectivity index (χ4v) is 4.07. The number of pyridine rings is 1. The number of rotatable bonds is 10. The van der Waals surface area contributed by atoms with Crippen LogP contribution < -0.4 is 10.6 Å². The molecule has 0 radical (unpaired) electrons. The molecule has 7 heteroatoms. The van der Waals surface area contributed by atoms with E-state index in [-0.39, 0.29) is 22.1 Å². The van der Waals surface area contributed by atoms with Gasteiger partial charge < -0.3 is 10.6 Å². The Morgan fingerprint density at radius 2 is 1.77 bits per heavy atom. The smallest absolute Gasteiger partial charge is 0.252 e. The maximum Gasteiger partial charge on any atom is 0.252 e. The molecular formula is C19H25N3O3S. The molecule has 1 heterocycles. The lowest BCUT2D eigenvalue weighted by Crippen LogP contribution is -2.26. The molecule has 2 aromatic rings. The first-order valence-corrected chi connectivity index (χ1v) is 10.4. The molecule has 0 aliphatic rings. The number of amides is 1. The molecule has 0 unspecified atom stereocenters. The number of aromatic nitrogens is 1. The van der Waals surface area contributed by atoms with Crippen molar-refractivity contribution in [2.75, 3.05) is 24.2 Å². The van der Waals surface area contributed by atoms with E-state index >= 15 is 0 Å². The first-order chi connectivity index (χ1) is 12.5. The number of carbonyl (C=O) groups excluding carboxylic acids is 1. The van der Waals surface area contributed by atoms with Gasteiger partial charge in [0.1, 0.15) is 5.82 Å². The van der Waals surface area contributed by atoms with Gasteiger partial charge in [0, 0.05) is 19.3 Å². The van der Waals surface area contributed by atoms with Gasteiger partial charge in [-0.25, -0.2) is 13.4 Å². The quantitative estimate of drug-likeness (QED) is 0.624. The zero-order valence-corrected chi connectivity index (χ0v) is 15.8. The topological polar surface area (TPSA) is 88.2 Å². The van der Waals surface area contributed by atoms with Crippen LogP contribution in [0.3, 0.4) is 0 Å². The molecule has 0 fully saturated rings. The Labute approximate surface area is 155 Å². The van der Waals surface area contributed by atoms with Gasteiger partial charge in [0.2, 0.25) is 0 Å². The molecule has 0 bridgehead atoms. The summed E-state index contributed by atoms with van der Waals surface area (Å²) < 4.78 is 24.6. The summed E-state index contributed by atoms with van der Waals surface area (Å²) in [6, 6.07) is 12.0. The van der Waals surface area contributed by atoms with Crippen molar-refractivity contribution in [1.29, 1.82) is 0 Å². The highest BCUT2D eigenvalue weighted by Crippen LogP contribution is 2.17. The van der Waals surface area contributed by atoms with E-state index in [0.717, 1.165) is 25.2 Å². The van der Waals surface area contributed by atoms with E-state index < -0.39 is 9.84 Å². The molecule has 0 aliphatic carbocycles. The second kappa shape index (κ2) is 9.91. The van der Waals surface area contributed by atoms with Gasteiger partial charge in [0.15, 0.2) is 9.84 Å². The Hall–Kier alpha value is -2.41.